The predicted molar refractivity (Wildman–Crippen MR) is 99.5 cm³/mol. The molecule has 0 spiro atoms. The summed E-state index contributed by atoms with van der Waals surface area (Å²) in [4.78, 5) is 28.3. The molecule has 1 aromatic carbocycles. The average Bonchev–Trinajstić information content (AvgIpc) is 3.04. The van der Waals surface area contributed by atoms with Crippen LogP contribution in [0.4, 0.5) is 5.69 Å². The Labute approximate surface area is 151 Å². The zero-order valence-electron chi connectivity index (χ0n) is 14.7. The Balaban J connectivity index is 1.67. The summed E-state index contributed by atoms with van der Waals surface area (Å²) < 4.78 is 5.13. The van der Waals surface area contributed by atoms with Crippen LogP contribution < -0.4 is 10.1 Å². The smallest absolute Gasteiger partial charge is 0.263 e. The monoisotopic (exact) mass is 358 g/mol. The number of rotatable bonds is 4. The second kappa shape index (κ2) is 7.27. The first kappa shape index (κ1) is 17.5. The molecule has 1 heterocycles. The van der Waals surface area contributed by atoms with Crippen molar-refractivity contribution in [2.24, 2.45) is 5.92 Å². The molecule has 0 aliphatic heterocycles. The number of carbonyl (C=O) groups is 2. The van der Waals surface area contributed by atoms with Crippen LogP contribution in [0.3, 0.4) is 0 Å². The maximum absolute atomic E-state index is 12.6. The minimum absolute atomic E-state index is 0.0265. The van der Waals surface area contributed by atoms with Gasteiger partial charge in [0.2, 0.25) is 5.91 Å². The molecule has 25 heavy (non-hydrogen) atoms. The second-order valence-electron chi connectivity index (χ2n) is 6.42. The van der Waals surface area contributed by atoms with Gasteiger partial charge in [0.1, 0.15) is 5.75 Å². The lowest BCUT2D eigenvalue weighted by Gasteiger charge is -2.21. The summed E-state index contributed by atoms with van der Waals surface area (Å²) in [6.45, 7) is 0. The van der Waals surface area contributed by atoms with E-state index in [1.54, 1.807) is 37.4 Å². The number of amides is 2. The van der Waals surface area contributed by atoms with E-state index in [4.69, 9.17) is 4.74 Å². The molecule has 3 rings (SSSR count). The maximum atomic E-state index is 12.6. The van der Waals surface area contributed by atoms with Gasteiger partial charge >= 0.3 is 0 Å². The molecule has 1 aliphatic rings. The molecule has 1 aliphatic carbocycles. The van der Waals surface area contributed by atoms with E-state index in [-0.39, 0.29) is 17.7 Å². The van der Waals surface area contributed by atoms with Crippen LogP contribution in [0.1, 0.15) is 26.5 Å². The summed E-state index contributed by atoms with van der Waals surface area (Å²) >= 11 is 1.56. The van der Waals surface area contributed by atoms with Crippen molar-refractivity contribution in [1.82, 2.24) is 4.90 Å². The number of methoxy groups -OCH3 is 1. The van der Waals surface area contributed by atoms with Gasteiger partial charge in [0.05, 0.1) is 12.0 Å². The van der Waals surface area contributed by atoms with E-state index >= 15 is 0 Å². The maximum Gasteiger partial charge on any atom is 0.263 e. The molecular weight excluding hydrogens is 336 g/mol. The number of hydrogen-bond acceptors (Lipinski definition) is 4. The Bertz CT molecular complexity index is 780. The summed E-state index contributed by atoms with van der Waals surface area (Å²) in [5, 5.41) is 2.98. The Morgan fingerprint density at radius 2 is 1.96 bits per heavy atom. The van der Waals surface area contributed by atoms with Gasteiger partial charge in [-0.1, -0.05) is 0 Å². The van der Waals surface area contributed by atoms with Crippen LogP contribution in [0, 0.1) is 5.92 Å². The molecule has 0 saturated carbocycles. The Morgan fingerprint density at radius 3 is 2.60 bits per heavy atom. The van der Waals surface area contributed by atoms with E-state index < -0.39 is 0 Å². The third kappa shape index (κ3) is 3.85. The van der Waals surface area contributed by atoms with E-state index in [0.717, 1.165) is 34.7 Å². The zero-order valence-corrected chi connectivity index (χ0v) is 15.5. The lowest BCUT2D eigenvalue weighted by atomic mass is 9.87. The number of ether oxygens (including phenoxy) is 1. The van der Waals surface area contributed by atoms with Crippen LogP contribution >= 0.6 is 11.3 Å². The molecular formula is C19H22N2O3S. The lowest BCUT2D eigenvalue weighted by molar-refractivity contribution is -0.120. The summed E-state index contributed by atoms with van der Waals surface area (Å²) in [5.74, 6) is 0.754. The molecule has 1 atom stereocenters. The average molecular weight is 358 g/mol. The van der Waals surface area contributed by atoms with E-state index in [1.165, 1.54) is 4.88 Å². The zero-order chi connectivity index (χ0) is 18.0. The lowest BCUT2D eigenvalue weighted by Crippen LogP contribution is -2.27. The molecule has 0 bridgehead atoms. The van der Waals surface area contributed by atoms with Crippen LogP contribution in [-0.2, 0) is 17.6 Å². The van der Waals surface area contributed by atoms with Gasteiger partial charge < -0.3 is 15.0 Å². The minimum Gasteiger partial charge on any atom is -0.497 e. The second-order valence-corrected chi connectivity index (χ2v) is 7.55. The van der Waals surface area contributed by atoms with E-state index in [9.17, 15) is 9.59 Å². The topological polar surface area (TPSA) is 58.6 Å². The molecule has 0 fully saturated rings. The number of thiophene rings is 1. The Hall–Kier alpha value is -2.34. The standard InChI is InChI=1S/C19H22N2O3S/c1-21(2)19(23)17-11-13-10-12(4-9-16(13)25-17)18(22)20-14-5-7-15(24-3)8-6-14/h5-8,11-12H,4,9-10H2,1-3H3,(H,20,22)/t12-/m1/s1. The SMILES string of the molecule is COc1ccc(NC(=O)[C@@H]2CCc3sc(C(=O)N(C)C)cc3C2)cc1. The summed E-state index contributed by atoms with van der Waals surface area (Å²) in [6.07, 6.45) is 2.35. The molecule has 0 unspecified atom stereocenters. The number of aryl methyl sites for hydroxylation is 1. The largest absolute Gasteiger partial charge is 0.497 e. The highest BCUT2D eigenvalue weighted by Crippen LogP contribution is 2.33. The van der Waals surface area contributed by atoms with E-state index in [0.29, 0.717) is 6.42 Å². The fourth-order valence-electron chi connectivity index (χ4n) is 2.99. The van der Waals surface area contributed by atoms with Crippen LogP contribution in [0.2, 0.25) is 0 Å². The number of nitrogens with zero attached hydrogens (tertiary/aromatic N) is 1. The molecule has 5 nitrogen and oxygen atoms in total. The number of anilines is 1. The van der Waals surface area contributed by atoms with Crippen molar-refractivity contribution in [2.75, 3.05) is 26.5 Å². The molecule has 2 amide bonds. The molecule has 1 aromatic heterocycles. The molecule has 2 aromatic rings. The number of fused-ring (bicyclic) bond motifs is 1. The highest BCUT2D eigenvalue weighted by Gasteiger charge is 2.27. The van der Waals surface area contributed by atoms with Crippen molar-refractivity contribution in [1.29, 1.82) is 0 Å². The number of benzene rings is 1. The van der Waals surface area contributed by atoms with Gasteiger partial charge in [0, 0.05) is 30.6 Å². The van der Waals surface area contributed by atoms with Crippen molar-refractivity contribution in [3.63, 3.8) is 0 Å². The van der Waals surface area contributed by atoms with Gasteiger partial charge in [-0.25, -0.2) is 0 Å². The van der Waals surface area contributed by atoms with Gasteiger partial charge in [0.15, 0.2) is 0 Å². The van der Waals surface area contributed by atoms with Crippen molar-refractivity contribution in [2.45, 2.75) is 19.3 Å². The first-order chi connectivity index (χ1) is 12.0. The van der Waals surface area contributed by atoms with Crippen LogP contribution in [-0.4, -0.2) is 37.9 Å². The summed E-state index contributed by atoms with van der Waals surface area (Å²) in [7, 11) is 5.13. The minimum atomic E-state index is -0.0634. The molecule has 1 N–H and O–H groups in total. The number of carbonyl (C=O) groups excluding carboxylic acids is 2. The highest BCUT2D eigenvalue weighted by atomic mass is 32.1. The highest BCUT2D eigenvalue weighted by molar-refractivity contribution is 7.14. The predicted octanol–water partition coefficient (Wildman–Crippen LogP) is 3.20. The van der Waals surface area contributed by atoms with Crippen LogP contribution in [0.5, 0.6) is 5.75 Å². The fraction of sp³-hybridized carbons (Fsp3) is 0.368. The van der Waals surface area contributed by atoms with Crippen molar-refractivity contribution >= 4 is 28.8 Å². The molecule has 0 radical (unpaired) electrons. The summed E-state index contributed by atoms with van der Waals surface area (Å²) in [5.41, 5.74) is 1.90. The van der Waals surface area contributed by atoms with Gasteiger partial charge in [-0.2, -0.15) is 0 Å². The van der Waals surface area contributed by atoms with Crippen LogP contribution in [0.25, 0.3) is 0 Å². The normalized spacial score (nSPS) is 16.0. The summed E-state index contributed by atoms with van der Waals surface area (Å²) in [6, 6.07) is 9.28. The fourth-order valence-corrected chi connectivity index (χ4v) is 4.22. The molecule has 132 valence electrons. The third-order valence-electron chi connectivity index (χ3n) is 4.43. The van der Waals surface area contributed by atoms with Gasteiger partial charge in [-0.3, -0.25) is 9.59 Å². The van der Waals surface area contributed by atoms with Crippen molar-refractivity contribution in [3.05, 3.63) is 45.6 Å². The van der Waals surface area contributed by atoms with E-state index in [1.807, 2.05) is 30.3 Å². The van der Waals surface area contributed by atoms with Crippen molar-refractivity contribution in [3.8, 4) is 5.75 Å². The first-order valence-electron chi connectivity index (χ1n) is 8.26. The quantitative estimate of drug-likeness (QED) is 0.913. The molecule has 6 heteroatoms. The van der Waals surface area contributed by atoms with Crippen molar-refractivity contribution < 1.29 is 14.3 Å². The Morgan fingerprint density at radius 1 is 1.24 bits per heavy atom. The first-order valence-corrected chi connectivity index (χ1v) is 9.07. The van der Waals surface area contributed by atoms with Gasteiger partial charge in [-0.05, 0) is 55.2 Å². The molecule has 0 saturated heterocycles. The van der Waals surface area contributed by atoms with Gasteiger partial charge in [0.25, 0.3) is 5.91 Å². The van der Waals surface area contributed by atoms with Gasteiger partial charge in [-0.15, -0.1) is 11.3 Å². The number of nitrogens with one attached hydrogen (secondary N) is 1. The number of hydrogen-bond donors (Lipinski definition) is 1. The van der Waals surface area contributed by atoms with E-state index in [2.05, 4.69) is 5.32 Å². The Kier molecular flexibility index (Phi) is 5.08. The third-order valence-corrected chi connectivity index (χ3v) is 5.65. The van der Waals surface area contributed by atoms with Crippen LogP contribution in [0.15, 0.2) is 30.3 Å².